The van der Waals surface area contributed by atoms with E-state index in [1.807, 2.05) is 18.2 Å². The molecule has 4 heterocycles. The van der Waals surface area contributed by atoms with Crippen LogP contribution in [0.2, 0.25) is 10.0 Å². The minimum absolute atomic E-state index is 0.0361. The summed E-state index contributed by atoms with van der Waals surface area (Å²) in [6.07, 6.45) is 1.69. The average molecular weight is 414 g/mol. The molecule has 4 bridgehead atoms. The first-order valence-electron chi connectivity index (χ1n) is 9.41. The number of nitrogens with zero attached hydrogens (tertiary/aromatic N) is 5. The Kier molecular flexibility index (Phi) is 4.73. The van der Waals surface area contributed by atoms with Gasteiger partial charge >= 0.3 is 0 Å². The highest BCUT2D eigenvalue weighted by Crippen LogP contribution is 2.38. The van der Waals surface area contributed by atoms with Crippen molar-refractivity contribution in [3.63, 3.8) is 0 Å². The highest BCUT2D eigenvalue weighted by molar-refractivity contribution is 6.43. The van der Waals surface area contributed by atoms with Crippen LogP contribution in [0, 0.1) is 5.41 Å². The van der Waals surface area contributed by atoms with Gasteiger partial charge in [0.2, 0.25) is 0 Å². The summed E-state index contributed by atoms with van der Waals surface area (Å²) in [4.78, 5) is 7.48. The fourth-order valence-electron chi connectivity index (χ4n) is 4.78. The molecule has 144 valence electrons. The van der Waals surface area contributed by atoms with Crippen LogP contribution in [-0.2, 0) is 0 Å². The number of benzene rings is 2. The van der Waals surface area contributed by atoms with Crippen LogP contribution in [0.15, 0.2) is 58.7 Å². The normalized spacial score (nSPS) is 31.6. The van der Waals surface area contributed by atoms with Crippen molar-refractivity contribution in [3.05, 3.63) is 69.7 Å². The van der Waals surface area contributed by atoms with E-state index in [0.29, 0.717) is 10.0 Å². The molecule has 0 N–H and O–H groups in total. The maximum absolute atomic E-state index is 6.29. The van der Waals surface area contributed by atoms with Crippen molar-refractivity contribution in [2.24, 2.45) is 15.6 Å². The van der Waals surface area contributed by atoms with Crippen LogP contribution in [0.3, 0.4) is 0 Å². The van der Waals surface area contributed by atoms with E-state index in [4.69, 9.17) is 28.3 Å². The molecule has 5 nitrogen and oxygen atoms in total. The van der Waals surface area contributed by atoms with Crippen molar-refractivity contribution in [1.29, 1.82) is 0 Å². The minimum Gasteiger partial charge on any atom is -0.276 e. The Hall–Kier alpha value is -1.76. The summed E-state index contributed by atoms with van der Waals surface area (Å²) in [5.74, 6) is 0. The quantitative estimate of drug-likeness (QED) is 0.566. The molecule has 0 spiro atoms. The Morgan fingerprint density at radius 3 is 2.14 bits per heavy atom. The molecule has 0 aromatic heterocycles. The fraction of sp³-hybridized carbons (Fsp3) is 0.333. The lowest BCUT2D eigenvalue weighted by Gasteiger charge is -2.60. The second kappa shape index (κ2) is 7.25. The Bertz CT molecular complexity index is 906. The first-order chi connectivity index (χ1) is 13.6. The minimum atomic E-state index is -0.0361. The van der Waals surface area contributed by atoms with Gasteiger partial charge < -0.3 is 0 Å². The summed E-state index contributed by atoms with van der Waals surface area (Å²) in [7, 11) is 0. The van der Waals surface area contributed by atoms with Crippen molar-refractivity contribution < 1.29 is 0 Å². The summed E-state index contributed by atoms with van der Waals surface area (Å²) < 4.78 is 0. The van der Waals surface area contributed by atoms with Crippen molar-refractivity contribution in [1.82, 2.24) is 14.7 Å². The Morgan fingerprint density at radius 2 is 1.50 bits per heavy atom. The van der Waals surface area contributed by atoms with E-state index in [0.717, 1.165) is 56.5 Å². The van der Waals surface area contributed by atoms with E-state index >= 15 is 0 Å². The average Bonchev–Trinajstić information content (AvgIpc) is 2.68. The van der Waals surface area contributed by atoms with Gasteiger partial charge in [0.15, 0.2) is 0 Å². The lowest BCUT2D eigenvalue weighted by atomic mass is 9.74. The molecule has 4 saturated heterocycles. The Labute approximate surface area is 174 Å². The molecule has 6 rings (SSSR count). The summed E-state index contributed by atoms with van der Waals surface area (Å²) in [6.45, 7) is 6.18. The second-order valence-corrected chi connectivity index (χ2v) is 8.68. The molecular formula is C21H21Cl2N5. The molecule has 0 amide bonds. The predicted molar refractivity (Wildman–Crippen MR) is 114 cm³/mol. The molecule has 0 unspecified atom stereocenters. The van der Waals surface area contributed by atoms with Crippen LogP contribution >= 0.6 is 23.2 Å². The number of halogens is 2. The van der Waals surface area contributed by atoms with E-state index in [-0.39, 0.29) is 5.41 Å². The molecule has 7 heteroatoms. The number of hydrogen-bond acceptors (Lipinski definition) is 5. The monoisotopic (exact) mass is 413 g/mol. The standard InChI is InChI=1S/C21H21Cl2N5/c22-18-8-4-7-17(19(18)23)9-24-25-20(16-5-2-1-3-6-16)21-10-26-13-27(11-21)15-28(12-21)14-26/h1-9H,10-15H2. The first-order valence-corrected chi connectivity index (χ1v) is 10.2. The molecule has 4 aliphatic rings. The largest absolute Gasteiger partial charge is 0.276 e. The van der Waals surface area contributed by atoms with E-state index in [9.17, 15) is 0 Å². The summed E-state index contributed by atoms with van der Waals surface area (Å²) in [6, 6.07) is 15.9. The van der Waals surface area contributed by atoms with Crippen LogP contribution in [0.5, 0.6) is 0 Å². The van der Waals surface area contributed by atoms with Gasteiger partial charge in [0.05, 0.1) is 47.4 Å². The van der Waals surface area contributed by atoms with Gasteiger partial charge in [-0.1, -0.05) is 65.7 Å². The predicted octanol–water partition coefficient (Wildman–Crippen LogP) is 3.62. The molecule has 28 heavy (non-hydrogen) atoms. The van der Waals surface area contributed by atoms with Crippen LogP contribution < -0.4 is 0 Å². The van der Waals surface area contributed by atoms with Crippen molar-refractivity contribution in [2.45, 2.75) is 0 Å². The van der Waals surface area contributed by atoms with Crippen molar-refractivity contribution in [2.75, 3.05) is 39.6 Å². The fourth-order valence-corrected chi connectivity index (χ4v) is 5.13. The molecule has 2 aromatic carbocycles. The third-order valence-corrected chi connectivity index (χ3v) is 6.50. The Balaban J connectivity index is 1.53. The highest BCUT2D eigenvalue weighted by Gasteiger charge is 2.51. The van der Waals surface area contributed by atoms with Gasteiger partial charge in [-0.25, -0.2) is 0 Å². The van der Waals surface area contributed by atoms with Gasteiger partial charge in [0.1, 0.15) is 0 Å². The molecule has 2 aromatic rings. The van der Waals surface area contributed by atoms with Gasteiger partial charge in [-0.2, -0.15) is 10.2 Å². The smallest absolute Gasteiger partial charge is 0.0802 e. The topological polar surface area (TPSA) is 34.4 Å². The van der Waals surface area contributed by atoms with E-state index < -0.39 is 0 Å². The van der Waals surface area contributed by atoms with Crippen LogP contribution in [0.25, 0.3) is 0 Å². The molecule has 4 fully saturated rings. The molecule has 0 atom stereocenters. The van der Waals surface area contributed by atoms with E-state index in [1.165, 1.54) is 0 Å². The summed E-state index contributed by atoms with van der Waals surface area (Å²) >= 11 is 12.4. The Morgan fingerprint density at radius 1 is 0.857 bits per heavy atom. The maximum Gasteiger partial charge on any atom is 0.0802 e. The molecule has 0 saturated carbocycles. The third-order valence-electron chi connectivity index (χ3n) is 5.66. The zero-order valence-corrected chi connectivity index (χ0v) is 16.9. The SMILES string of the molecule is Clc1cccc(C=NN=C(c2ccccc2)C23CN4CN(CN(C4)C2)C3)c1Cl. The van der Waals surface area contributed by atoms with Gasteiger partial charge in [-0.15, -0.1) is 0 Å². The zero-order chi connectivity index (χ0) is 19.1. The second-order valence-electron chi connectivity index (χ2n) is 7.89. The number of rotatable bonds is 4. The van der Waals surface area contributed by atoms with Gasteiger partial charge in [0, 0.05) is 25.2 Å². The van der Waals surface area contributed by atoms with Gasteiger partial charge in [-0.05, 0) is 11.6 Å². The molecular weight excluding hydrogens is 393 g/mol. The maximum atomic E-state index is 6.29. The van der Waals surface area contributed by atoms with Crippen molar-refractivity contribution >= 4 is 35.1 Å². The van der Waals surface area contributed by atoms with Crippen LogP contribution in [0.4, 0.5) is 0 Å². The summed E-state index contributed by atoms with van der Waals surface area (Å²) in [5.41, 5.74) is 2.90. The zero-order valence-electron chi connectivity index (χ0n) is 15.4. The van der Waals surface area contributed by atoms with Crippen LogP contribution in [0.1, 0.15) is 11.1 Å². The van der Waals surface area contributed by atoms with E-state index in [2.05, 4.69) is 44.1 Å². The van der Waals surface area contributed by atoms with Gasteiger partial charge in [0.25, 0.3) is 0 Å². The lowest BCUT2D eigenvalue weighted by molar-refractivity contribution is -0.149. The molecule has 0 radical (unpaired) electrons. The molecule has 4 aliphatic heterocycles. The van der Waals surface area contributed by atoms with Crippen LogP contribution in [-0.4, -0.2) is 66.3 Å². The molecule has 0 aliphatic carbocycles. The third kappa shape index (κ3) is 3.27. The van der Waals surface area contributed by atoms with Crippen molar-refractivity contribution in [3.8, 4) is 0 Å². The summed E-state index contributed by atoms with van der Waals surface area (Å²) in [5, 5.41) is 10.2. The lowest BCUT2D eigenvalue weighted by Crippen LogP contribution is -2.74. The van der Waals surface area contributed by atoms with Gasteiger partial charge in [-0.3, -0.25) is 14.7 Å². The van der Waals surface area contributed by atoms with E-state index in [1.54, 1.807) is 12.3 Å². The number of hydrogen-bond donors (Lipinski definition) is 0. The highest BCUT2D eigenvalue weighted by atomic mass is 35.5. The first kappa shape index (κ1) is 18.3.